The van der Waals surface area contributed by atoms with Gasteiger partial charge in [0.2, 0.25) is 0 Å². The highest BCUT2D eigenvalue weighted by Gasteiger charge is 2.22. The van der Waals surface area contributed by atoms with Gasteiger partial charge in [-0.1, -0.05) is 0 Å². The molecule has 1 aromatic rings. The number of rotatable bonds is 3. The van der Waals surface area contributed by atoms with Crippen LogP contribution in [0.3, 0.4) is 0 Å². The largest absolute Gasteiger partial charge is 0.392 e. The van der Waals surface area contributed by atoms with E-state index >= 15 is 0 Å². The maximum absolute atomic E-state index is 9.27. The third kappa shape index (κ3) is 3.00. The number of aryl methyl sites for hydroxylation is 1. The Bertz CT molecular complexity index is 406. The van der Waals surface area contributed by atoms with Crippen LogP contribution in [0.15, 0.2) is 12.1 Å². The van der Waals surface area contributed by atoms with Gasteiger partial charge in [-0.15, -0.1) is 0 Å². The lowest BCUT2D eigenvalue weighted by molar-refractivity contribution is 0.257. The quantitative estimate of drug-likeness (QED) is 0.879. The average molecular weight is 249 g/mol. The number of piperidine rings is 1. The first-order valence-electron chi connectivity index (χ1n) is 6.60. The molecule has 18 heavy (non-hydrogen) atoms. The Balaban J connectivity index is 2.17. The summed E-state index contributed by atoms with van der Waals surface area (Å²) in [6.45, 7) is 4.15. The van der Waals surface area contributed by atoms with E-state index in [4.69, 9.17) is 0 Å². The van der Waals surface area contributed by atoms with E-state index in [1.54, 1.807) is 0 Å². The van der Waals surface area contributed by atoms with Crippen molar-refractivity contribution >= 4 is 5.82 Å². The second-order valence-corrected chi connectivity index (χ2v) is 5.34. The molecule has 2 rings (SSSR count). The van der Waals surface area contributed by atoms with Gasteiger partial charge < -0.3 is 14.9 Å². The third-order valence-corrected chi connectivity index (χ3v) is 3.63. The number of aliphatic hydroxyl groups is 1. The van der Waals surface area contributed by atoms with Gasteiger partial charge in [-0.3, -0.25) is 0 Å². The summed E-state index contributed by atoms with van der Waals surface area (Å²) in [5.74, 6) is 1.01. The molecule has 2 heterocycles. The lowest BCUT2D eigenvalue weighted by atomic mass is 10.0. The monoisotopic (exact) mass is 249 g/mol. The Hall–Kier alpha value is -1.13. The van der Waals surface area contributed by atoms with Gasteiger partial charge in [0.1, 0.15) is 5.82 Å². The summed E-state index contributed by atoms with van der Waals surface area (Å²) in [7, 11) is 4.27. The van der Waals surface area contributed by atoms with Crippen molar-refractivity contribution in [3.63, 3.8) is 0 Å². The zero-order valence-electron chi connectivity index (χ0n) is 11.6. The highest BCUT2D eigenvalue weighted by molar-refractivity contribution is 5.43. The highest BCUT2D eigenvalue weighted by atomic mass is 16.3. The van der Waals surface area contributed by atoms with Gasteiger partial charge >= 0.3 is 0 Å². The number of anilines is 1. The number of nitrogens with zero attached hydrogens (tertiary/aromatic N) is 3. The first kappa shape index (κ1) is 13.3. The zero-order valence-corrected chi connectivity index (χ0v) is 11.6. The molecule has 1 atom stereocenters. The van der Waals surface area contributed by atoms with E-state index in [9.17, 15) is 5.11 Å². The number of aliphatic hydroxyl groups excluding tert-OH is 1. The average Bonchev–Trinajstić information content (AvgIpc) is 2.38. The van der Waals surface area contributed by atoms with Gasteiger partial charge in [0, 0.05) is 24.8 Å². The maximum Gasteiger partial charge on any atom is 0.129 e. The summed E-state index contributed by atoms with van der Waals surface area (Å²) < 4.78 is 0. The van der Waals surface area contributed by atoms with E-state index < -0.39 is 0 Å². The molecule has 100 valence electrons. The minimum absolute atomic E-state index is 0.0846. The first-order chi connectivity index (χ1) is 8.60. The molecule has 1 aliphatic rings. The Labute approximate surface area is 109 Å². The molecule has 0 bridgehead atoms. The van der Waals surface area contributed by atoms with Crippen LogP contribution in [0.1, 0.15) is 24.1 Å². The number of pyridine rings is 1. The minimum Gasteiger partial charge on any atom is -0.392 e. The molecule has 0 spiro atoms. The molecule has 1 saturated heterocycles. The van der Waals surface area contributed by atoms with E-state index in [-0.39, 0.29) is 6.61 Å². The molecule has 1 N–H and O–H groups in total. The van der Waals surface area contributed by atoms with Crippen molar-refractivity contribution in [3.8, 4) is 0 Å². The number of hydrogen-bond donors (Lipinski definition) is 1. The molecule has 1 aliphatic heterocycles. The topological polar surface area (TPSA) is 39.6 Å². The van der Waals surface area contributed by atoms with Crippen molar-refractivity contribution < 1.29 is 5.11 Å². The Morgan fingerprint density at radius 1 is 1.44 bits per heavy atom. The number of aromatic nitrogens is 1. The van der Waals surface area contributed by atoms with Crippen LogP contribution in [0.5, 0.6) is 0 Å². The van der Waals surface area contributed by atoms with Gasteiger partial charge in [0.05, 0.1) is 6.61 Å². The van der Waals surface area contributed by atoms with Crippen LogP contribution in [0, 0.1) is 6.92 Å². The fourth-order valence-corrected chi connectivity index (χ4v) is 2.56. The van der Waals surface area contributed by atoms with E-state index in [0.29, 0.717) is 6.04 Å². The SMILES string of the molecule is Cc1cc(CO)cc(N2CCCC(N(C)C)C2)n1. The van der Waals surface area contributed by atoms with E-state index in [1.165, 1.54) is 12.8 Å². The molecule has 0 aliphatic carbocycles. The van der Waals surface area contributed by atoms with Gasteiger partial charge in [0.25, 0.3) is 0 Å². The predicted octanol–water partition coefficient (Wildman–Crippen LogP) is 1.41. The summed E-state index contributed by atoms with van der Waals surface area (Å²) in [6, 6.07) is 4.54. The van der Waals surface area contributed by atoms with Crippen molar-refractivity contribution in [2.45, 2.75) is 32.4 Å². The van der Waals surface area contributed by atoms with Gasteiger partial charge in [-0.2, -0.15) is 0 Å². The van der Waals surface area contributed by atoms with Crippen LogP contribution in [0.25, 0.3) is 0 Å². The summed E-state index contributed by atoms with van der Waals surface area (Å²) in [5.41, 5.74) is 1.92. The van der Waals surface area contributed by atoms with Crippen LogP contribution < -0.4 is 4.90 Å². The molecule has 0 saturated carbocycles. The fourth-order valence-electron chi connectivity index (χ4n) is 2.56. The normalized spacial score (nSPS) is 20.5. The smallest absolute Gasteiger partial charge is 0.129 e. The predicted molar refractivity (Wildman–Crippen MR) is 73.8 cm³/mol. The van der Waals surface area contributed by atoms with Gasteiger partial charge in [0.15, 0.2) is 0 Å². The van der Waals surface area contributed by atoms with E-state index in [2.05, 4.69) is 28.9 Å². The molecule has 4 nitrogen and oxygen atoms in total. The van der Waals surface area contributed by atoms with Crippen LogP contribution in [0.4, 0.5) is 5.82 Å². The highest BCUT2D eigenvalue weighted by Crippen LogP contribution is 2.21. The summed E-state index contributed by atoms with van der Waals surface area (Å²) >= 11 is 0. The molecule has 0 radical (unpaired) electrons. The van der Waals surface area contributed by atoms with Crippen molar-refractivity contribution in [1.82, 2.24) is 9.88 Å². The molecule has 0 aromatic carbocycles. The molecule has 1 unspecified atom stereocenters. The van der Waals surface area contributed by atoms with Crippen LogP contribution >= 0.6 is 0 Å². The second kappa shape index (κ2) is 5.67. The van der Waals surface area contributed by atoms with Crippen LogP contribution in [0.2, 0.25) is 0 Å². The van der Waals surface area contributed by atoms with Gasteiger partial charge in [-0.05, 0) is 51.6 Å². The zero-order chi connectivity index (χ0) is 13.1. The molecular weight excluding hydrogens is 226 g/mol. The second-order valence-electron chi connectivity index (χ2n) is 5.34. The Kier molecular flexibility index (Phi) is 4.19. The molecular formula is C14H23N3O. The summed E-state index contributed by atoms with van der Waals surface area (Å²) in [4.78, 5) is 9.22. The third-order valence-electron chi connectivity index (χ3n) is 3.63. The van der Waals surface area contributed by atoms with Gasteiger partial charge in [-0.25, -0.2) is 4.98 Å². The van der Waals surface area contributed by atoms with E-state index in [0.717, 1.165) is 30.2 Å². The van der Waals surface area contributed by atoms with Crippen LogP contribution in [-0.4, -0.2) is 48.2 Å². The lowest BCUT2D eigenvalue weighted by Gasteiger charge is -2.37. The molecule has 4 heteroatoms. The molecule has 1 aromatic heterocycles. The Morgan fingerprint density at radius 3 is 2.89 bits per heavy atom. The maximum atomic E-state index is 9.27. The first-order valence-corrected chi connectivity index (χ1v) is 6.60. The summed E-state index contributed by atoms with van der Waals surface area (Å²) in [6.07, 6.45) is 2.45. The van der Waals surface area contributed by atoms with Crippen LogP contribution in [-0.2, 0) is 6.61 Å². The molecule has 1 fully saturated rings. The lowest BCUT2D eigenvalue weighted by Crippen LogP contribution is -2.45. The number of hydrogen-bond acceptors (Lipinski definition) is 4. The number of likely N-dealkylation sites (N-methyl/N-ethyl adjacent to an activating group) is 1. The Morgan fingerprint density at radius 2 is 2.22 bits per heavy atom. The van der Waals surface area contributed by atoms with Crippen molar-refractivity contribution in [2.75, 3.05) is 32.1 Å². The van der Waals surface area contributed by atoms with Crippen molar-refractivity contribution in [2.24, 2.45) is 0 Å². The standard InChI is InChI=1S/C14H23N3O/c1-11-7-12(10-18)8-14(15-11)17-6-4-5-13(9-17)16(2)3/h7-8,13,18H,4-6,9-10H2,1-3H3. The van der Waals surface area contributed by atoms with Crippen molar-refractivity contribution in [3.05, 3.63) is 23.4 Å². The van der Waals surface area contributed by atoms with E-state index in [1.807, 2.05) is 19.1 Å². The van der Waals surface area contributed by atoms with Crippen molar-refractivity contribution in [1.29, 1.82) is 0 Å². The minimum atomic E-state index is 0.0846. The molecule has 0 amide bonds. The summed E-state index contributed by atoms with van der Waals surface area (Å²) in [5, 5.41) is 9.27. The fraction of sp³-hybridized carbons (Fsp3) is 0.643.